The van der Waals surface area contributed by atoms with Gasteiger partial charge in [-0.05, 0) is 66.3 Å². The minimum atomic E-state index is -0.634. The normalized spacial score (nSPS) is 32.3. The van der Waals surface area contributed by atoms with Crippen LogP contribution in [0, 0.1) is 25.7 Å². The summed E-state index contributed by atoms with van der Waals surface area (Å²) in [6.45, 7) is 4.06. The van der Waals surface area contributed by atoms with Gasteiger partial charge in [0.15, 0.2) is 5.78 Å². The predicted molar refractivity (Wildman–Crippen MR) is 96.2 cm³/mol. The third-order valence-electron chi connectivity index (χ3n) is 6.46. The van der Waals surface area contributed by atoms with Gasteiger partial charge < -0.3 is 5.32 Å². The van der Waals surface area contributed by atoms with Gasteiger partial charge in [0.1, 0.15) is 11.5 Å². The van der Waals surface area contributed by atoms with Crippen LogP contribution in [0.25, 0.3) is 11.1 Å². The molecular weight excluding hydrogens is 310 g/mol. The fourth-order valence-electron chi connectivity index (χ4n) is 5.00. The molecular formula is C22H21NO2. The van der Waals surface area contributed by atoms with E-state index in [1.165, 1.54) is 0 Å². The summed E-state index contributed by atoms with van der Waals surface area (Å²) in [7, 11) is 0. The fraction of sp³-hybridized carbons (Fsp3) is 0.364. The summed E-state index contributed by atoms with van der Waals surface area (Å²) < 4.78 is 0. The van der Waals surface area contributed by atoms with Gasteiger partial charge in [0.25, 0.3) is 0 Å². The number of nitrogens with one attached hydrogen (secondary N) is 1. The van der Waals surface area contributed by atoms with E-state index in [1.807, 2.05) is 31.2 Å². The molecule has 0 aromatic heterocycles. The van der Waals surface area contributed by atoms with Crippen molar-refractivity contribution in [3.63, 3.8) is 0 Å². The average Bonchev–Trinajstić information content (AvgIpc) is 3.20. The largest absolute Gasteiger partial charge is 0.342 e. The summed E-state index contributed by atoms with van der Waals surface area (Å²) >= 11 is 0. The highest BCUT2D eigenvalue weighted by atomic mass is 16.2. The van der Waals surface area contributed by atoms with Crippen molar-refractivity contribution in [2.24, 2.45) is 11.8 Å². The van der Waals surface area contributed by atoms with Crippen LogP contribution < -0.4 is 5.32 Å². The monoisotopic (exact) mass is 331 g/mol. The van der Waals surface area contributed by atoms with Gasteiger partial charge in [-0.15, -0.1) is 0 Å². The van der Waals surface area contributed by atoms with Crippen LogP contribution in [0.15, 0.2) is 42.5 Å². The van der Waals surface area contributed by atoms with Crippen molar-refractivity contribution in [1.82, 2.24) is 5.32 Å². The Labute approximate surface area is 147 Å². The summed E-state index contributed by atoms with van der Waals surface area (Å²) in [5, 5.41) is 3.06. The predicted octanol–water partition coefficient (Wildman–Crippen LogP) is 3.53. The number of carbonyl (C=O) groups is 2. The van der Waals surface area contributed by atoms with E-state index in [0.717, 1.165) is 40.7 Å². The molecule has 0 radical (unpaired) electrons. The van der Waals surface area contributed by atoms with E-state index in [2.05, 4.69) is 30.4 Å². The summed E-state index contributed by atoms with van der Waals surface area (Å²) in [6.07, 6.45) is 1.95. The SMILES string of the molecule is Cc1cc(C2C(=O)NC3(CC4CC43)C2=O)c(C)cc1-c1ccccc1. The molecule has 25 heavy (non-hydrogen) atoms. The van der Waals surface area contributed by atoms with E-state index in [-0.39, 0.29) is 11.7 Å². The number of hydrogen-bond acceptors (Lipinski definition) is 2. The Bertz CT molecular complexity index is 917. The number of fused-ring (bicyclic) bond motifs is 2. The molecule has 1 N–H and O–H groups in total. The van der Waals surface area contributed by atoms with Crippen molar-refractivity contribution >= 4 is 11.7 Å². The molecule has 2 aromatic rings. The number of aryl methyl sites for hydroxylation is 2. The van der Waals surface area contributed by atoms with Crippen LogP contribution in [0.1, 0.15) is 35.4 Å². The maximum absolute atomic E-state index is 13.1. The van der Waals surface area contributed by atoms with Gasteiger partial charge in [-0.2, -0.15) is 0 Å². The zero-order chi connectivity index (χ0) is 17.3. The highest BCUT2D eigenvalue weighted by Crippen LogP contribution is 2.65. The van der Waals surface area contributed by atoms with Gasteiger partial charge in [0.2, 0.25) is 5.91 Å². The van der Waals surface area contributed by atoms with E-state index in [1.54, 1.807) is 0 Å². The quantitative estimate of drug-likeness (QED) is 0.856. The zero-order valence-electron chi connectivity index (χ0n) is 14.5. The van der Waals surface area contributed by atoms with Crippen LogP contribution in [0.4, 0.5) is 0 Å². The smallest absolute Gasteiger partial charge is 0.235 e. The average molecular weight is 331 g/mol. The first-order valence-corrected chi connectivity index (χ1v) is 9.04. The molecule has 5 rings (SSSR count). The van der Waals surface area contributed by atoms with E-state index in [0.29, 0.717) is 11.8 Å². The van der Waals surface area contributed by atoms with E-state index < -0.39 is 11.5 Å². The molecule has 3 heteroatoms. The molecule has 1 saturated heterocycles. The molecule has 1 amide bonds. The fourth-order valence-corrected chi connectivity index (χ4v) is 5.00. The summed E-state index contributed by atoms with van der Waals surface area (Å²) in [5.74, 6) is 0.437. The van der Waals surface area contributed by atoms with Gasteiger partial charge in [-0.25, -0.2) is 0 Å². The molecule has 3 aliphatic rings. The van der Waals surface area contributed by atoms with E-state index in [9.17, 15) is 9.59 Å². The Morgan fingerprint density at radius 3 is 2.44 bits per heavy atom. The Balaban J connectivity index is 1.56. The lowest BCUT2D eigenvalue weighted by Gasteiger charge is -2.35. The van der Waals surface area contributed by atoms with Crippen molar-refractivity contribution in [2.75, 3.05) is 0 Å². The van der Waals surface area contributed by atoms with Crippen LogP contribution in [0.3, 0.4) is 0 Å². The molecule has 3 fully saturated rings. The second-order valence-corrected chi connectivity index (χ2v) is 7.95. The molecule has 2 saturated carbocycles. The Morgan fingerprint density at radius 2 is 1.80 bits per heavy atom. The first-order chi connectivity index (χ1) is 12.0. The van der Waals surface area contributed by atoms with Gasteiger partial charge in [-0.3, -0.25) is 9.59 Å². The Hall–Kier alpha value is -2.42. The molecule has 126 valence electrons. The third-order valence-corrected chi connectivity index (χ3v) is 6.46. The molecule has 3 nitrogen and oxygen atoms in total. The van der Waals surface area contributed by atoms with Gasteiger partial charge >= 0.3 is 0 Å². The molecule has 4 unspecified atom stereocenters. The lowest BCUT2D eigenvalue weighted by atomic mass is 9.72. The summed E-state index contributed by atoms with van der Waals surface area (Å²) in [5.41, 5.74) is 4.78. The van der Waals surface area contributed by atoms with Crippen molar-refractivity contribution < 1.29 is 9.59 Å². The molecule has 2 aliphatic carbocycles. The molecule has 0 bridgehead atoms. The molecule has 1 spiro atoms. The van der Waals surface area contributed by atoms with Crippen molar-refractivity contribution in [3.05, 3.63) is 59.2 Å². The second kappa shape index (κ2) is 4.81. The minimum Gasteiger partial charge on any atom is -0.342 e. The maximum Gasteiger partial charge on any atom is 0.235 e. The second-order valence-electron chi connectivity index (χ2n) is 7.95. The topological polar surface area (TPSA) is 46.2 Å². The number of Topliss-reactive ketones (excluding diaryl/α,β-unsaturated/α-hetero) is 1. The number of ketones is 1. The lowest BCUT2D eigenvalue weighted by molar-refractivity contribution is -0.127. The van der Waals surface area contributed by atoms with Gasteiger partial charge in [0.05, 0.1) is 0 Å². The molecule has 1 heterocycles. The molecule has 2 aromatic carbocycles. The minimum absolute atomic E-state index is 0.103. The van der Waals surface area contributed by atoms with Gasteiger partial charge in [0, 0.05) is 0 Å². The van der Waals surface area contributed by atoms with Crippen LogP contribution in [0.5, 0.6) is 0 Å². The van der Waals surface area contributed by atoms with E-state index >= 15 is 0 Å². The Morgan fingerprint density at radius 1 is 1.04 bits per heavy atom. The van der Waals surface area contributed by atoms with Crippen molar-refractivity contribution in [2.45, 2.75) is 38.1 Å². The molecule has 4 atom stereocenters. The van der Waals surface area contributed by atoms with Crippen LogP contribution in [0.2, 0.25) is 0 Å². The number of benzene rings is 2. The maximum atomic E-state index is 13.1. The van der Waals surface area contributed by atoms with Crippen LogP contribution >= 0.6 is 0 Å². The number of carbonyl (C=O) groups excluding carboxylic acids is 2. The van der Waals surface area contributed by atoms with Crippen LogP contribution in [-0.2, 0) is 9.59 Å². The Kier molecular flexibility index (Phi) is 2.87. The third kappa shape index (κ3) is 1.92. The number of hydrogen-bond donors (Lipinski definition) is 1. The van der Waals surface area contributed by atoms with Gasteiger partial charge in [-0.1, -0.05) is 42.5 Å². The highest BCUT2D eigenvalue weighted by Gasteiger charge is 2.72. The molecule has 1 aliphatic heterocycles. The van der Waals surface area contributed by atoms with Crippen LogP contribution in [-0.4, -0.2) is 17.2 Å². The first-order valence-electron chi connectivity index (χ1n) is 9.04. The van der Waals surface area contributed by atoms with E-state index in [4.69, 9.17) is 0 Å². The lowest BCUT2D eigenvalue weighted by Crippen LogP contribution is -2.55. The number of rotatable bonds is 2. The first kappa shape index (κ1) is 14.9. The summed E-state index contributed by atoms with van der Waals surface area (Å²) in [4.78, 5) is 25.7. The highest BCUT2D eigenvalue weighted by molar-refractivity contribution is 6.18. The standard InChI is InChI=1S/C22H21NO2/c1-12-9-17(13(2)8-16(12)14-6-4-3-5-7-14)19-20(24)22(23-21(19)25)11-15-10-18(15)22/h3-9,15,18-19H,10-11H2,1-2H3,(H,23,25). The zero-order valence-corrected chi connectivity index (χ0v) is 14.5. The van der Waals surface area contributed by atoms with Crippen molar-refractivity contribution in [3.8, 4) is 11.1 Å². The summed E-state index contributed by atoms with van der Waals surface area (Å²) in [6, 6.07) is 14.4. The van der Waals surface area contributed by atoms with Crippen molar-refractivity contribution in [1.29, 1.82) is 0 Å². The number of amides is 1.